The highest BCUT2D eigenvalue weighted by Crippen LogP contribution is 2.66. The van der Waals surface area contributed by atoms with Gasteiger partial charge in [0.25, 0.3) is 11.8 Å². The van der Waals surface area contributed by atoms with Crippen LogP contribution in [0.1, 0.15) is 24.3 Å². The van der Waals surface area contributed by atoms with Gasteiger partial charge in [0.15, 0.2) is 9.75 Å². The fourth-order valence-electron chi connectivity index (χ4n) is 7.45. The molecule has 214 valence electrons. The van der Waals surface area contributed by atoms with Crippen LogP contribution in [0.15, 0.2) is 72.3 Å². The number of amides is 4. The first-order valence-electron chi connectivity index (χ1n) is 13.4. The number of carbonyl (C=O) groups excluding carboxylic acids is 4. The summed E-state index contributed by atoms with van der Waals surface area (Å²) in [6, 6.07) is 17.9. The summed E-state index contributed by atoms with van der Waals surface area (Å²) in [5, 5.41) is 12.9. The van der Waals surface area contributed by atoms with Gasteiger partial charge in [0.05, 0.1) is 23.0 Å². The van der Waals surface area contributed by atoms with Crippen LogP contribution in [0.5, 0.6) is 5.75 Å². The lowest BCUT2D eigenvalue weighted by Crippen LogP contribution is -2.60. The zero-order valence-corrected chi connectivity index (χ0v) is 27.0. The third kappa shape index (κ3) is 3.56. The Morgan fingerprint density at radius 1 is 0.929 bits per heavy atom. The molecular weight excluding hydrogens is 758 g/mol. The maximum Gasteiger partial charge on any atom is 0.254 e. The van der Waals surface area contributed by atoms with Crippen molar-refractivity contribution in [2.45, 2.75) is 28.5 Å². The molecule has 3 fully saturated rings. The summed E-state index contributed by atoms with van der Waals surface area (Å²) < 4.78 is 0.963. The second-order valence-corrected chi connectivity index (χ2v) is 14.2. The van der Waals surface area contributed by atoms with E-state index in [2.05, 4.69) is 38.5 Å². The first kappa shape index (κ1) is 28.3. The zero-order chi connectivity index (χ0) is 29.7. The lowest BCUT2D eigenvalue weighted by atomic mass is 9.56. The molecule has 6 atom stereocenters. The third-order valence-corrected chi connectivity index (χ3v) is 12.0. The lowest BCUT2D eigenvalue weighted by molar-refractivity contribution is -0.138. The van der Waals surface area contributed by atoms with Crippen molar-refractivity contribution in [2.24, 2.45) is 17.8 Å². The molecule has 4 amide bonds. The van der Waals surface area contributed by atoms with Gasteiger partial charge in [-0.1, -0.05) is 64.0 Å². The largest absolute Gasteiger partial charge is 0.507 e. The first-order valence-corrected chi connectivity index (χ1v) is 16.3. The van der Waals surface area contributed by atoms with E-state index in [0.717, 1.165) is 13.9 Å². The second-order valence-electron chi connectivity index (χ2n) is 11.2. The van der Waals surface area contributed by atoms with Crippen molar-refractivity contribution in [2.75, 3.05) is 10.4 Å². The van der Waals surface area contributed by atoms with Gasteiger partial charge in [-0.3, -0.25) is 29.0 Å². The summed E-state index contributed by atoms with van der Waals surface area (Å²) in [7, 11) is 0. The average molecular weight is 780 g/mol. The second kappa shape index (κ2) is 9.77. The number of phenolic OH excluding ortho intramolecular Hbond substituents is 1. The van der Waals surface area contributed by atoms with Gasteiger partial charge in [-0.15, -0.1) is 23.2 Å². The molecule has 7 rings (SSSR count). The minimum absolute atomic E-state index is 0.0762. The molecule has 42 heavy (non-hydrogen) atoms. The summed E-state index contributed by atoms with van der Waals surface area (Å²) in [5.74, 6) is -5.26. The molecule has 1 saturated carbocycles. The quantitative estimate of drug-likeness (QED) is 0.115. The van der Waals surface area contributed by atoms with E-state index in [0.29, 0.717) is 22.2 Å². The predicted molar refractivity (Wildman–Crippen MR) is 171 cm³/mol. The zero-order valence-electron chi connectivity index (χ0n) is 21.8. The molecule has 0 radical (unpaired) electrons. The van der Waals surface area contributed by atoms with Gasteiger partial charge in [-0.2, -0.15) is 0 Å². The number of allylic oxidation sites excluding steroid dienone is 2. The number of hydrogen-bond acceptors (Lipinski definition) is 5. The molecule has 7 nitrogen and oxygen atoms in total. The van der Waals surface area contributed by atoms with Crippen LogP contribution >= 0.6 is 61.7 Å². The smallest absolute Gasteiger partial charge is 0.254 e. The van der Waals surface area contributed by atoms with E-state index in [1.165, 1.54) is 4.90 Å². The minimum Gasteiger partial charge on any atom is -0.507 e. The van der Waals surface area contributed by atoms with Crippen molar-refractivity contribution in [3.8, 4) is 5.75 Å². The van der Waals surface area contributed by atoms with E-state index in [1.807, 2.05) is 36.4 Å². The summed E-state index contributed by atoms with van der Waals surface area (Å²) in [4.78, 5) is 53.9. The Balaban J connectivity index is 1.43. The number of anilines is 1. The van der Waals surface area contributed by atoms with E-state index in [9.17, 15) is 24.3 Å². The molecule has 0 aromatic heterocycles. The van der Waals surface area contributed by atoms with Crippen LogP contribution in [0.4, 0.5) is 5.69 Å². The Morgan fingerprint density at radius 2 is 1.64 bits per heavy atom. The monoisotopic (exact) mass is 778 g/mol. The van der Waals surface area contributed by atoms with E-state index >= 15 is 0 Å². The number of carbonyl (C=O) groups is 4. The summed E-state index contributed by atoms with van der Waals surface area (Å²) in [5.41, 5.74) is 1.34. The van der Waals surface area contributed by atoms with Crippen molar-refractivity contribution in [3.63, 3.8) is 0 Å². The molecule has 11 heteroatoms. The maximum absolute atomic E-state index is 14.1. The van der Waals surface area contributed by atoms with Crippen LogP contribution in [0, 0.1) is 21.3 Å². The number of aromatic hydroxyl groups is 1. The number of benzene rings is 3. The van der Waals surface area contributed by atoms with Crippen molar-refractivity contribution in [1.29, 1.82) is 0 Å². The SMILES string of the molecule is O=C1[C@H]2[C@H](CC=C3[C@H]2C[C@@]2(Cl)C(=O)N(CBr)C(=O)[C@@]2(Cl)[C@H]3c2ccc3ccccc3c2O)C(=O)N1c1ccc(I)cc1. The number of phenols is 1. The van der Waals surface area contributed by atoms with Gasteiger partial charge in [-0.05, 0) is 71.0 Å². The van der Waals surface area contributed by atoms with Crippen molar-refractivity contribution >= 4 is 102 Å². The Kier molecular flexibility index (Phi) is 6.59. The molecule has 0 bridgehead atoms. The van der Waals surface area contributed by atoms with Crippen LogP contribution in [-0.4, -0.2) is 48.8 Å². The Labute approximate surface area is 273 Å². The fraction of sp³-hybridized carbons (Fsp3) is 0.290. The van der Waals surface area contributed by atoms with Gasteiger partial charge in [-0.25, -0.2) is 0 Å². The summed E-state index contributed by atoms with van der Waals surface area (Å²) in [6.45, 7) is 0. The van der Waals surface area contributed by atoms with Gasteiger partial charge in [0.2, 0.25) is 11.8 Å². The highest BCUT2D eigenvalue weighted by Gasteiger charge is 2.76. The molecule has 2 heterocycles. The van der Waals surface area contributed by atoms with Crippen molar-refractivity contribution in [1.82, 2.24) is 4.90 Å². The summed E-state index contributed by atoms with van der Waals surface area (Å²) in [6.07, 6.45) is 2.01. The number of alkyl halides is 3. The Bertz CT molecular complexity index is 1770. The van der Waals surface area contributed by atoms with Crippen LogP contribution in [0.3, 0.4) is 0 Å². The van der Waals surface area contributed by atoms with Crippen molar-refractivity contribution < 1.29 is 24.3 Å². The lowest BCUT2D eigenvalue weighted by Gasteiger charge is -2.50. The summed E-state index contributed by atoms with van der Waals surface area (Å²) >= 11 is 20.0. The number of halogens is 4. The molecule has 0 spiro atoms. The van der Waals surface area contributed by atoms with Gasteiger partial charge in [0.1, 0.15) is 5.75 Å². The highest BCUT2D eigenvalue weighted by molar-refractivity contribution is 14.1. The Hall–Kier alpha value is -2.47. The van der Waals surface area contributed by atoms with E-state index in [-0.39, 0.29) is 35.9 Å². The van der Waals surface area contributed by atoms with Crippen LogP contribution < -0.4 is 4.90 Å². The van der Waals surface area contributed by atoms with Crippen LogP contribution in [0.2, 0.25) is 0 Å². The molecule has 4 aliphatic rings. The number of rotatable bonds is 3. The van der Waals surface area contributed by atoms with Crippen LogP contribution in [-0.2, 0) is 19.2 Å². The first-order chi connectivity index (χ1) is 20.0. The normalized spacial score (nSPS) is 32.2. The maximum atomic E-state index is 14.1. The van der Waals surface area contributed by atoms with E-state index in [1.54, 1.807) is 30.3 Å². The van der Waals surface area contributed by atoms with E-state index < -0.39 is 45.2 Å². The highest BCUT2D eigenvalue weighted by atomic mass is 127. The fourth-order valence-corrected chi connectivity index (χ4v) is 9.22. The van der Waals surface area contributed by atoms with Gasteiger partial charge < -0.3 is 5.11 Å². The predicted octanol–water partition coefficient (Wildman–Crippen LogP) is 6.07. The third-order valence-electron chi connectivity index (χ3n) is 9.34. The minimum atomic E-state index is -1.98. The molecule has 0 unspecified atom stereocenters. The number of nitrogens with zero attached hydrogens (tertiary/aromatic N) is 2. The van der Waals surface area contributed by atoms with Crippen LogP contribution in [0.25, 0.3) is 10.8 Å². The van der Waals surface area contributed by atoms with Crippen molar-refractivity contribution in [3.05, 3.63) is 81.4 Å². The number of fused-ring (bicyclic) bond motifs is 5. The molecule has 3 aromatic carbocycles. The van der Waals surface area contributed by atoms with Gasteiger partial charge in [0, 0.05) is 20.4 Å². The molecule has 3 aromatic rings. The van der Waals surface area contributed by atoms with Gasteiger partial charge >= 0.3 is 0 Å². The molecule has 2 saturated heterocycles. The number of imide groups is 2. The molecular formula is C31H22BrCl2IN2O5. The number of hydrogen-bond donors (Lipinski definition) is 1. The average Bonchev–Trinajstić information content (AvgIpc) is 3.32. The molecule has 2 aliphatic heterocycles. The number of likely N-dealkylation sites (tertiary alicyclic amines) is 1. The van der Waals surface area contributed by atoms with E-state index in [4.69, 9.17) is 23.2 Å². The molecule has 1 N–H and O–H groups in total. The molecule has 2 aliphatic carbocycles. The Morgan fingerprint density at radius 3 is 2.36 bits per heavy atom. The standard InChI is InChI=1S/C31H22BrCl2IN2O5/c32-14-36-28(41)30(33)13-22-19(11-12-20-23(22)27(40)37(26(20)39)17-8-6-16(35)7-9-17)24(31(30,34)29(36)42)21-10-5-15-3-1-2-4-18(15)25(21)38/h1-11,20,22-24,38H,12-14H2/t20-,22+,23-,24+,30+,31-/m0/s1. The topological polar surface area (TPSA) is 95.0 Å².